The second-order valence-corrected chi connectivity index (χ2v) is 2.94. The number of nitrogens with zero attached hydrogens (tertiary/aromatic N) is 3. The van der Waals surface area contributed by atoms with Crippen molar-refractivity contribution in [1.29, 1.82) is 0 Å². The lowest BCUT2D eigenvalue weighted by Crippen LogP contribution is -2.12. The summed E-state index contributed by atoms with van der Waals surface area (Å²) in [6.45, 7) is 4.00. The second kappa shape index (κ2) is 6.63. The minimum atomic E-state index is -0.204. The van der Waals surface area contributed by atoms with Crippen molar-refractivity contribution in [2.45, 2.75) is 19.9 Å². The zero-order valence-corrected chi connectivity index (χ0v) is 9.54. The Morgan fingerprint density at radius 3 is 2.19 bits per heavy atom. The van der Waals surface area contributed by atoms with E-state index in [0.717, 1.165) is 11.1 Å². The van der Waals surface area contributed by atoms with Gasteiger partial charge in [-0.25, -0.2) is 9.97 Å². The third-order valence-corrected chi connectivity index (χ3v) is 1.98. The molecule has 1 unspecified atom stereocenters. The van der Waals surface area contributed by atoms with Gasteiger partial charge in [-0.2, -0.15) is 0 Å². The Morgan fingerprint density at radius 2 is 1.62 bits per heavy atom. The smallest absolute Gasteiger partial charge is 0.115 e. The van der Waals surface area contributed by atoms with Gasteiger partial charge < -0.3 is 5.73 Å². The SMILES string of the molecule is CC.NC(c1cccnc1)c1cncnc1. The first-order chi connectivity index (χ1) is 7.88. The number of nitrogens with two attached hydrogens (primary N) is 1. The van der Waals surface area contributed by atoms with Crippen molar-refractivity contribution in [2.75, 3.05) is 0 Å². The molecule has 1 atom stereocenters. The van der Waals surface area contributed by atoms with Crippen LogP contribution >= 0.6 is 0 Å². The second-order valence-electron chi connectivity index (χ2n) is 2.94. The van der Waals surface area contributed by atoms with Crippen molar-refractivity contribution in [3.05, 3.63) is 54.4 Å². The molecule has 0 aromatic carbocycles. The van der Waals surface area contributed by atoms with Gasteiger partial charge in [0.15, 0.2) is 0 Å². The van der Waals surface area contributed by atoms with E-state index in [4.69, 9.17) is 5.73 Å². The molecule has 0 saturated heterocycles. The summed E-state index contributed by atoms with van der Waals surface area (Å²) in [7, 11) is 0. The maximum absolute atomic E-state index is 6.00. The van der Waals surface area contributed by atoms with Gasteiger partial charge in [-0.15, -0.1) is 0 Å². The molecule has 0 saturated carbocycles. The molecule has 0 aliphatic heterocycles. The molecule has 4 heteroatoms. The summed E-state index contributed by atoms with van der Waals surface area (Å²) in [5.74, 6) is 0. The number of pyridine rings is 1. The van der Waals surface area contributed by atoms with Gasteiger partial charge in [0, 0.05) is 30.4 Å². The molecule has 2 aromatic rings. The minimum absolute atomic E-state index is 0.204. The number of aromatic nitrogens is 3. The van der Waals surface area contributed by atoms with Gasteiger partial charge in [-0.3, -0.25) is 4.98 Å². The highest BCUT2D eigenvalue weighted by atomic mass is 14.8. The quantitative estimate of drug-likeness (QED) is 0.833. The Labute approximate surface area is 95.6 Å². The standard InChI is InChI=1S/C10H10N4.C2H6/c11-10(8-2-1-3-12-4-8)9-5-13-7-14-6-9;1-2/h1-7,10H,11H2;1-2H3. The molecule has 0 radical (unpaired) electrons. The van der Waals surface area contributed by atoms with Crippen molar-refractivity contribution in [3.63, 3.8) is 0 Å². The van der Waals surface area contributed by atoms with Crippen molar-refractivity contribution in [2.24, 2.45) is 5.73 Å². The normalized spacial score (nSPS) is 11.2. The molecule has 2 N–H and O–H groups in total. The molecule has 0 aliphatic carbocycles. The summed E-state index contributed by atoms with van der Waals surface area (Å²) in [5, 5.41) is 0. The van der Waals surface area contributed by atoms with E-state index >= 15 is 0 Å². The Morgan fingerprint density at radius 1 is 1.00 bits per heavy atom. The van der Waals surface area contributed by atoms with Crippen LogP contribution in [0.2, 0.25) is 0 Å². The van der Waals surface area contributed by atoms with E-state index in [9.17, 15) is 0 Å². The topological polar surface area (TPSA) is 64.7 Å². The average Bonchev–Trinajstić information content (AvgIpc) is 2.42. The molecule has 2 rings (SSSR count). The van der Waals surface area contributed by atoms with Crippen LogP contribution in [0.3, 0.4) is 0 Å². The minimum Gasteiger partial charge on any atom is -0.320 e. The molecular formula is C12H16N4. The lowest BCUT2D eigenvalue weighted by atomic mass is 10.0. The van der Waals surface area contributed by atoms with Gasteiger partial charge in [0.2, 0.25) is 0 Å². The third kappa shape index (κ3) is 3.10. The highest BCUT2D eigenvalue weighted by Gasteiger charge is 2.08. The van der Waals surface area contributed by atoms with Crippen molar-refractivity contribution in [1.82, 2.24) is 15.0 Å². The Balaban J connectivity index is 0.000000606. The summed E-state index contributed by atoms with van der Waals surface area (Å²) in [6, 6.07) is 3.59. The van der Waals surface area contributed by atoms with Crippen LogP contribution in [0.5, 0.6) is 0 Å². The molecule has 2 heterocycles. The molecule has 84 valence electrons. The van der Waals surface area contributed by atoms with E-state index in [-0.39, 0.29) is 6.04 Å². The molecular weight excluding hydrogens is 200 g/mol. The highest BCUT2D eigenvalue weighted by molar-refractivity contribution is 5.25. The highest BCUT2D eigenvalue weighted by Crippen LogP contribution is 2.15. The Kier molecular flexibility index (Phi) is 5.08. The molecule has 0 amide bonds. The van der Waals surface area contributed by atoms with Crippen LogP contribution in [-0.2, 0) is 0 Å². The Hall–Kier alpha value is -1.81. The van der Waals surface area contributed by atoms with Crippen LogP contribution in [0.1, 0.15) is 31.0 Å². The summed E-state index contributed by atoms with van der Waals surface area (Å²) in [5.41, 5.74) is 7.85. The first kappa shape index (κ1) is 12.3. The van der Waals surface area contributed by atoms with E-state index in [1.807, 2.05) is 26.0 Å². The predicted octanol–water partition coefficient (Wildman–Crippen LogP) is 1.95. The van der Waals surface area contributed by atoms with Gasteiger partial charge in [0.25, 0.3) is 0 Å². The van der Waals surface area contributed by atoms with E-state index < -0.39 is 0 Å². The molecule has 4 nitrogen and oxygen atoms in total. The van der Waals surface area contributed by atoms with E-state index in [1.165, 1.54) is 6.33 Å². The number of hydrogen-bond donors (Lipinski definition) is 1. The average molecular weight is 216 g/mol. The van der Waals surface area contributed by atoms with Crippen molar-refractivity contribution in [3.8, 4) is 0 Å². The zero-order chi connectivity index (χ0) is 11.8. The van der Waals surface area contributed by atoms with Gasteiger partial charge in [0.1, 0.15) is 6.33 Å². The molecule has 0 fully saturated rings. The third-order valence-electron chi connectivity index (χ3n) is 1.98. The van der Waals surface area contributed by atoms with E-state index in [1.54, 1.807) is 24.8 Å². The van der Waals surface area contributed by atoms with E-state index in [0.29, 0.717) is 0 Å². The monoisotopic (exact) mass is 216 g/mol. The van der Waals surface area contributed by atoms with E-state index in [2.05, 4.69) is 15.0 Å². The first-order valence-corrected chi connectivity index (χ1v) is 5.28. The summed E-state index contributed by atoms with van der Waals surface area (Å²) in [4.78, 5) is 11.8. The number of hydrogen-bond acceptors (Lipinski definition) is 4. The van der Waals surface area contributed by atoms with Crippen LogP contribution in [-0.4, -0.2) is 15.0 Å². The molecule has 2 aromatic heterocycles. The van der Waals surface area contributed by atoms with Crippen LogP contribution < -0.4 is 5.73 Å². The summed E-state index contributed by atoms with van der Waals surface area (Å²) >= 11 is 0. The maximum Gasteiger partial charge on any atom is 0.115 e. The fourth-order valence-electron chi connectivity index (χ4n) is 1.22. The Bertz CT molecular complexity index is 349. The van der Waals surface area contributed by atoms with Crippen molar-refractivity contribution >= 4 is 0 Å². The number of rotatable bonds is 2. The van der Waals surface area contributed by atoms with Gasteiger partial charge in [-0.05, 0) is 11.6 Å². The largest absolute Gasteiger partial charge is 0.320 e. The lowest BCUT2D eigenvalue weighted by Gasteiger charge is -2.09. The maximum atomic E-state index is 6.00. The van der Waals surface area contributed by atoms with Crippen LogP contribution in [0.15, 0.2) is 43.2 Å². The molecule has 0 spiro atoms. The summed E-state index contributed by atoms with van der Waals surface area (Å²) < 4.78 is 0. The lowest BCUT2D eigenvalue weighted by molar-refractivity contribution is 0.844. The van der Waals surface area contributed by atoms with Gasteiger partial charge in [0.05, 0.1) is 6.04 Å². The van der Waals surface area contributed by atoms with Crippen LogP contribution in [0, 0.1) is 0 Å². The molecule has 16 heavy (non-hydrogen) atoms. The first-order valence-electron chi connectivity index (χ1n) is 5.28. The molecule has 0 bridgehead atoms. The van der Waals surface area contributed by atoms with Gasteiger partial charge >= 0.3 is 0 Å². The van der Waals surface area contributed by atoms with Gasteiger partial charge in [-0.1, -0.05) is 19.9 Å². The summed E-state index contributed by atoms with van der Waals surface area (Å²) in [6.07, 6.45) is 8.38. The van der Waals surface area contributed by atoms with Crippen LogP contribution in [0.25, 0.3) is 0 Å². The zero-order valence-electron chi connectivity index (χ0n) is 9.54. The fraction of sp³-hybridized carbons (Fsp3) is 0.250. The van der Waals surface area contributed by atoms with Crippen LogP contribution in [0.4, 0.5) is 0 Å². The fourth-order valence-corrected chi connectivity index (χ4v) is 1.22. The van der Waals surface area contributed by atoms with Crippen molar-refractivity contribution < 1.29 is 0 Å². The molecule has 0 aliphatic rings. The predicted molar refractivity (Wildman–Crippen MR) is 63.6 cm³/mol.